The van der Waals surface area contributed by atoms with Gasteiger partial charge in [-0.25, -0.2) is 0 Å². The van der Waals surface area contributed by atoms with Gasteiger partial charge >= 0.3 is 5.97 Å². The summed E-state index contributed by atoms with van der Waals surface area (Å²) in [6, 6.07) is 0.373. The number of hydrogen-bond acceptors (Lipinski definition) is 4. The molecule has 2 aliphatic heterocycles. The van der Waals surface area contributed by atoms with Gasteiger partial charge < -0.3 is 15.2 Å². The van der Waals surface area contributed by atoms with Crippen molar-refractivity contribution in [3.05, 3.63) is 0 Å². The predicted molar refractivity (Wildman–Crippen MR) is 59.4 cm³/mol. The Kier molecular flexibility index (Phi) is 3.19. The molecule has 0 amide bonds. The quantitative estimate of drug-likeness (QED) is 0.698. The molecule has 2 rings (SSSR count). The summed E-state index contributed by atoms with van der Waals surface area (Å²) in [5.41, 5.74) is -0.687. The number of nitrogens with one attached hydrogen (secondary N) is 1. The number of carbonyl (C=O) groups is 1. The van der Waals surface area contributed by atoms with Crippen LogP contribution in [-0.4, -0.2) is 60.9 Å². The Morgan fingerprint density at radius 1 is 1.56 bits per heavy atom. The van der Waals surface area contributed by atoms with Crippen molar-refractivity contribution in [2.75, 3.05) is 32.8 Å². The number of nitrogens with zero attached hydrogens (tertiary/aromatic N) is 1. The number of aliphatic carboxylic acids is 1. The van der Waals surface area contributed by atoms with Crippen molar-refractivity contribution in [1.29, 1.82) is 0 Å². The molecular formula is C11H20N2O3. The van der Waals surface area contributed by atoms with Gasteiger partial charge in [0.05, 0.1) is 18.1 Å². The maximum atomic E-state index is 11.0. The van der Waals surface area contributed by atoms with Crippen LogP contribution in [0.4, 0.5) is 0 Å². The van der Waals surface area contributed by atoms with E-state index >= 15 is 0 Å². The van der Waals surface area contributed by atoms with Crippen LogP contribution >= 0.6 is 0 Å². The van der Waals surface area contributed by atoms with Crippen LogP contribution in [0.15, 0.2) is 0 Å². The van der Waals surface area contributed by atoms with E-state index in [4.69, 9.17) is 9.84 Å². The second-order valence-electron chi connectivity index (χ2n) is 5.35. The van der Waals surface area contributed by atoms with Gasteiger partial charge in [-0.15, -0.1) is 0 Å². The summed E-state index contributed by atoms with van der Waals surface area (Å²) in [6.45, 7) is 7.52. The summed E-state index contributed by atoms with van der Waals surface area (Å²) < 4.78 is 5.66. The first-order valence-corrected chi connectivity index (χ1v) is 5.80. The largest absolute Gasteiger partial charge is 0.481 e. The summed E-state index contributed by atoms with van der Waals surface area (Å²) in [6.07, 6.45) is 0.235. The maximum Gasteiger partial charge on any atom is 0.310 e. The lowest BCUT2D eigenvalue weighted by Crippen LogP contribution is -2.47. The van der Waals surface area contributed by atoms with E-state index in [0.29, 0.717) is 12.6 Å². The monoisotopic (exact) mass is 228 g/mol. The Balaban J connectivity index is 1.91. The summed E-state index contributed by atoms with van der Waals surface area (Å²) >= 11 is 0. The molecule has 0 unspecified atom stereocenters. The fraction of sp³-hybridized carbons (Fsp3) is 0.909. The summed E-state index contributed by atoms with van der Waals surface area (Å²) in [5, 5.41) is 12.5. The van der Waals surface area contributed by atoms with E-state index < -0.39 is 11.4 Å². The van der Waals surface area contributed by atoms with Gasteiger partial charge in [0, 0.05) is 32.2 Å². The van der Waals surface area contributed by atoms with Crippen molar-refractivity contribution in [3.8, 4) is 0 Å². The van der Waals surface area contributed by atoms with Crippen LogP contribution < -0.4 is 5.32 Å². The van der Waals surface area contributed by atoms with Crippen LogP contribution in [0.25, 0.3) is 0 Å². The molecule has 92 valence electrons. The second kappa shape index (κ2) is 4.31. The van der Waals surface area contributed by atoms with Gasteiger partial charge in [-0.2, -0.15) is 0 Å². The van der Waals surface area contributed by atoms with Crippen LogP contribution in [0.1, 0.15) is 13.8 Å². The summed E-state index contributed by atoms with van der Waals surface area (Å²) in [5.74, 6) is -0.740. The molecule has 5 heteroatoms. The molecular weight excluding hydrogens is 208 g/mol. The van der Waals surface area contributed by atoms with Crippen molar-refractivity contribution in [2.45, 2.75) is 26.0 Å². The van der Waals surface area contributed by atoms with Gasteiger partial charge in [-0.05, 0) is 13.8 Å². The third kappa shape index (κ3) is 2.36. The molecule has 5 nitrogen and oxygen atoms in total. The zero-order valence-electron chi connectivity index (χ0n) is 9.90. The Bertz CT molecular complexity index is 266. The van der Waals surface area contributed by atoms with E-state index in [9.17, 15) is 4.79 Å². The molecule has 0 aromatic heterocycles. The lowest BCUT2D eigenvalue weighted by molar-refractivity contribution is -0.147. The number of fused-ring (bicyclic) bond motifs is 1. The molecule has 2 saturated heterocycles. The first-order valence-electron chi connectivity index (χ1n) is 5.80. The zero-order chi connectivity index (χ0) is 11.8. The fourth-order valence-electron chi connectivity index (χ4n) is 2.43. The topological polar surface area (TPSA) is 61.8 Å². The molecule has 0 spiro atoms. The third-order valence-corrected chi connectivity index (χ3v) is 3.38. The van der Waals surface area contributed by atoms with Crippen LogP contribution in [0.5, 0.6) is 0 Å². The number of hydrogen-bond donors (Lipinski definition) is 2. The van der Waals surface area contributed by atoms with Gasteiger partial charge in [0.2, 0.25) is 0 Å². The van der Waals surface area contributed by atoms with Gasteiger partial charge in [0.15, 0.2) is 0 Å². The van der Waals surface area contributed by atoms with Gasteiger partial charge in [0.1, 0.15) is 0 Å². The molecule has 0 aromatic carbocycles. The van der Waals surface area contributed by atoms with E-state index in [-0.39, 0.29) is 6.10 Å². The summed E-state index contributed by atoms with van der Waals surface area (Å²) in [7, 11) is 0. The lowest BCUT2D eigenvalue weighted by atomic mass is 9.93. The van der Waals surface area contributed by atoms with E-state index in [1.54, 1.807) is 13.8 Å². The minimum Gasteiger partial charge on any atom is -0.481 e. The molecule has 16 heavy (non-hydrogen) atoms. The van der Waals surface area contributed by atoms with E-state index in [1.165, 1.54) is 0 Å². The Hall–Kier alpha value is -0.650. The zero-order valence-corrected chi connectivity index (χ0v) is 9.90. The normalized spacial score (nSPS) is 31.4. The Labute approximate surface area is 95.8 Å². The number of carboxylic acid groups (broad SMARTS) is 1. The SMILES string of the molecule is CC(C)(CN1C[C@@H]2OCCN[C@@H]2C1)C(=O)O. The fourth-order valence-corrected chi connectivity index (χ4v) is 2.43. The molecule has 0 aromatic rings. The minimum atomic E-state index is -0.740. The molecule has 2 atom stereocenters. The highest BCUT2D eigenvalue weighted by Crippen LogP contribution is 2.23. The molecule has 0 saturated carbocycles. The summed E-state index contributed by atoms with van der Waals surface area (Å²) in [4.78, 5) is 13.2. The van der Waals surface area contributed by atoms with Crippen LogP contribution in [-0.2, 0) is 9.53 Å². The Morgan fingerprint density at radius 3 is 2.94 bits per heavy atom. The van der Waals surface area contributed by atoms with Crippen molar-refractivity contribution in [1.82, 2.24) is 10.2 Å². The minimum absolute atomic E-state index is 0.235. The van der Waals surface area contributed by atoms with Gasteiger partial charge in [0.25, 0.3) is 0 Å². The number of rotatable bonds is 3. The predicted octanol–water partition coefficient (Wildman–Crippen LogP) is -0.230. The first kappa shape index (κ1) is 11.8. The highest BCUT2D eigenvalue weighted by Gasteiger charge is 2.39. The highest BCUT2D eigenvalue weighted by molar-refractivity contribution is 5.73. The van der Waals surface area contributed by atoms with Crippen LogP contribution in [0.2, 0.25) is 0 Å². The van der Waals surface area contributed by atoms with Crippen molar-refractivity contribution in [2.24, 2.45) is 5.41 Å². The number of ether oxygens (including phenoxy) is 1. The lowest BCUT2D eigenvalue weighted by Gasteiger charge is -2.25. The molecule has 2 heterocycles. The molecule has 0 radical (unpaired) electrons. The van der Waals surface area contributed by atoms with Gasteiger partial charge in [-0.1, -0.05) is 0 Å². The highest BCUT2D eigenvalue weighted by atomic mass is 16.5. The van der Waals surface area contributed by atoms with Gasteiger partial charge in [-0.3, -0.25) is 9.69 Å². The maximum absolute atomic E-state index is 11.0. The van der Waals surface area contributed by atoms with E-state index in [2.05, 4.69) is 10.2 Å². The number of likely N-dealkylation sites (tertiary alicyclic amines) is 1. The average Bonchev–Trinajstić information content (AvgIpc) is 2.58. The molecule has 2 N–H and O–H groups in total. The smallest absolute Gasteiger partial charge is 0.310 e. The third-order valence-electron chi connectivity index (χ3n) is 3.38. The van der Waals surface area contributed by atoms with E-state index in [0.717, 1.165) is 26.2 Å². The molecule has 2 fully saturated rings. The first-order chi connectivity index (χ1) is 7.49. The van der Waals surface area contributed by atoms with Crippen molar-refractivity contribution < 1.29 is 14.6 Å². The average molecular weight is 228 g/mol. The molecule has 0 bridgehead atoms. The molecule has 2 aliphatic rings. The van der Waals surface area contributed by atoms with Crippen molar-refractivity contribution >= 4 is 5.97 Å². The number of carboxylic acids is 1. The van der Waals surface area contributed by atoms with E-state index in [1.807, 2.05) is 0 Å². The van der Waals surface area contributed by atoms with Crippen LogP contribution in [0, 0.1) is 5.41 Å². The number of morpholine rings is 1. The van der Waals surface area contributed by atoms with Crippen molar-refractivity contribution in [3.63, 3.8) is 0 Å². The Morgan fingerprint density at radius 2 is 2.31 bits per heavy atom. The molecule has 0 aliphatic carbocycles. The standard InChI is InChI=1S/C11H20N2O3/c1-11(2,10(14)15)7-13-5-8-9(6-13)16-4-3-12-8/h8-9,12H,3-7H2,1-2H3,(H,14,15)/t8-,9+/m1/s1. The van der Waals surface area contributed by atoms with Crippen LogP contribution in [0.3, 0.4) is 0 Å². The second-order valence-corrected chi connectivity index (χ2v) is 5.35.